The van der Waals surface area contributed by atoms with E-state index in [2.05, 4.69) is 0 Å². The normalized spacial score (nSPS) is 9.92. The molecular formula is C9H13BO3. The van der Waals surface area contributed by atoms with Crippen LogP contribution >= 0.6 is 0 Å². The molecule has 0 fully saturated rings. The van der Waals surface area contributed by atoms with Gasteiger partial charge >= 0.3 is 7.32 Å². The molecule has 13 heavy (non-hydrogen) atoms. The Labute approximate surface area is 78.2 Å². The fourth-order valence-corrected chi connectivity index (χ4v) is 1.17. The van der Waals surface area contributed by atoms with Crippen LogP contribution in [-0.4, -0.2) is 17.4 Å². The van der Waals surface area contributed by atoms with Crippen molar-refractivity contribution in [1.29, 1.82) is 0 Å². The average molecular weight is 180 g/mol. The molecule has 70 valence electrons. The van der Waals surface area contributed by atoms with Gasteiger partial charge in [0.2, 0.25) is 0 Å². The molecule has 0 bridgehead atoms. The molecule has 0 unspecified atom stereocenters. The van der Waals surface area contributed by atoms with E-state index in [-0.39, 0.29) is 0 Å². The molecule has 0 aliphatic heterocycles. The molecular weight excluding hydrogens is 167 g/mol. The molecule has 2 N–H and O–H groups in total. The van der Waals surface area contributed by atoms with Crippen molar-refractivity contribution in [3.63, 3.8) is 0 Å². The zero-order valence-corrected chi connectivity index (χ0v) is 8.03. The summed E-state index contributed by atoms with van der Waals surface area (Å²) in [5.74, 6) is 0.512. The fraction of sp³-hybridized carbons (Fsp3) is 0.333. The summed E-state index contributed by atoms with van der Waals surface area (Å²) in [6, 6.07) is 3.62. The summed E-state index contributed by atoms with van der Waals surface area (Å²) in [5, 5.41) is 17.2. The number of benzene rings is 1. The first-order chi connectivity index (χ1) is 6.02. The third-order valence-electron chi connectivity index (χ3n) is 2.24. The zero-order chi connectivity index (χ0) is 10.0. The van der Waals surface area contributed by atoms with Crippen molar-refractivity contribution >= 4 is 7.32 Å². The highest BCUT2D eigenvalue weighted by Gasteiger charge is 2.13. The van der Waals surface area contributed by atoms with Crippen molar-refractivity contribution in [2.75, 3.05) is 0 Å². The largest absolute Gasteiger partial charge is 0.707 e. The summed E-state index contributed by atoms with van der Waals surface area (Å²) in [6.45, 7) is 5.86. The predicted molar refractivity (Wildman–Crippen MR) is 51.5 cm³/mol. The minimum absolute atomic E-state index is 0.512. The Kier molecular flexibility index (Phi) is 2.96. The van der Waals surface area contributed by atoms with Gasteiger partial charge in [0.05, 0.1) is 0 Å². The van der Waals surface area contributed by atoms with E-state index in [1.165, 1.54) is 0 Å². The lowest BCUT2D eigenvalue weighted by atomic mass is 10.0. The molecule has 0 heterocycles. The summed E-state index contributed by atoms with van der Waals surface area (Å²) in [6.07, 6.45) is 0. The third-order valence-corrected chi connectivity index (χ3v) is 2.24. The maximum Gasteiger partial charge on any atom is 0.707 e. The second-order valence-corrected chi connectivity index (χ2v) is 3.07. The zero-order valence-electron chi connectivity index (χ0n) is 8.03. The maximum absolute atomic E-state index is 8.62. The molecule has 4 heteroatoms. The summed E-state index contributed by atoms with van der Waals surface area (Å²) < 4.78 is 4.79. The molecule has 3 nitrogen and oxygen atoms in total. The van der Waals surface area contributed by atoms with Gasteiger partial charge in [-0.3, -0.25) is 0 Å². The van der Waals surface area contributed by atoms with Gasteiger partial charge in [-0.05, 0) is 43.5 Å². The summed E-state index contributed by atoms with van der Waals surface area (Å²) in [4.78, 5) is 0. The lowest BCUT2D eigenvalue weighted by Crippen LogP contribution is -2.21. The second kappa shape index (κ2) is 3.81. The highest BCUT2D eigenvalue weighted by atomic mass is 16.6. The van der Waals surface area contributed by atoms with Gasteiger partial charge < -0.3 is 14.7 Å². The third kappa shape index (κ3) is 2.23. The van der Waals surface area contributed by atoms with E-state index in [1.54, 1.807) is 6.07 Å². The minimum atomic E-state index is -1.75. The molecule has 0 saturated carbocycles. The van der Waals surface area contributed by atoms with Gasteiger partial charge in [-0.1, -0.05) is 6.07 Å². The van der Waals surface area contributed by atoms with Gasteiger partial charge in [-0.2, -0.15) is 0 Å². The van der Waals surface area contributed by atoms with E-state index < -0.39 is 7.32 Å². The first-order valence-corrected chi connectivity index (χ1v) is 4.12. The van der Waals surface area contributed by atoms with Gasteiger partial charge in [0.25, 0.3) is 0 Å². The molecule has 1 aromatic carbocycles. The molecule has 0 aliphatic rings. The molecule has 0 amide bonds. The van der Waals surface area contributed by atoms with Crippen molar-refractivity contribution in [3.05, 3.63) is 28.8 Å². The van der Waals surface area contributed by atoms with Crippen LogP contribution in [0.2, 0.25) is 0 Å². The van der Waals surface area contributed by atoms with E-state index in [4.69, 9.17) is 14.7 Å². The van der Waals surface area contributed by atoms with E-state index >= 15 is 0 Å². The first kappa shape index (κ1) is 10.1. The molecule has 0 aromatic heterocycles. The Bertz CT molecular complexity index is 310. The van der Waals surface area contributed by atoms with E-state index in [1.807, 2.05) is 26.8 Å². The van der Waals surface area contributed by atoms with Gasteiger partial charge in [0.1, 0.15) is 5.75 Å². The molecule has 0 aliphatic carbocycles. The van der Waals surface area contributed by atoms with Crippen LogP contribution in [0.15, 0.2) is 12.1 Å². The number of hydrogen-bond donors (Lipinski definition) is 2. The van der Waals surface area contributed by atoms with Crippen LogP contribution in [-0.2, 0) is 0 Å². The van der Waals surface area contributed by atoms with Crippen molar-refractivity contribution < 1.29 is 14.7 Å². The van der Waals surface area contributed by atoms with E-state index in [0.717, 1.165) is 16.7 Å². The van der Waals surface area contributed by atoms with Gasteiger partial charge in [0.15, 0.2) is 0 Å². The summed E-state index contributed by atoms with van der Waals surface area (Å²) in [5.41, 5.74) is 3.21. The lowest BCUT2D eigenvalue weighted by Gasteiger charge is -2.11. The number of rotatable bonds is 2. The Morgan fingerprint density at radius 3 is 2.23 bits per heavy atom. The summed E-state index contributed by atoms with van der Waals surface area (Å²) in [7, 11) is -1.75. The minimum Gasteiger partial charge on any atom is -0.512 e. The highest BCUT2D eigenvalue weighted by Crippen LogP contribution is 2.23. The molecule has 0 saturated heterocycles. The molecule has 0 spiro atoms. The van der Waals surface area contributed by atoms with Crippen LogP contribution < -0.4 is 4.65 Å². The van der Waals surface area contributed by atoms with Crippen LogP contribution in [0.3, 0.4) is 0 Å². The predicted octanol–water partition coefficient (Wildman–Crippen LogP) is 0.960. The van der Waals surface area contributed by atoms with Crippen LogP contribution in [0.5, 0.6) is 5.75 Å². The van der Waals surface area contributed by atoms with Crippen molar-refractivity contribution in [2.45, 2.75) is 20.8 Å². The van der Waals surface area contributed by atoms with Gasteiger partial charge in [-0.15, -0.1) is 0 Å². The first-order valence-electron chi connectivity index (χ1n) is 4.12. The molecule has 1 rings (SSSR count). The Morgan fingerprint density at radius 1 is 1.08 bits per heavy atom. The standard InChI is InChI=1S/C9H13BO3/c1-6-4-5-9(13-10(11)12)8(3)7(6)2/h4-5,11-12H,1-3H3. The average Bonchev–Trinajstić information content (AvgIpc) is 2.06. The van der Waals surface area contributed by atoms with Crippen LogP contribution in [0.4, 0.5) is 0 Å². The SMILES string of the molecule is Cc1ccc(OB(O)O)c(C)c1C. The van der Waals surface area contributed by atoms with Gasteiger partial charge in [-0.25, -0.2) is 0 Å². The highest BCUT2D eigenvalue weighted by molar-refractivity contribution is 6.33. The number of hydrogen-bond acceptors (Lipinski definition) is 3. The Balaban J connectivity index is 3.04. The van der Waals surface area contributed by atoms with Crippen LogP contribution in [0.25, 0.3) is 0 Å². The lowest BCUT2D eigenvalue weighted by molar-refractivity contribution is 0.287. The molecule has 0 atom stereocenters. The van der Waals surface area contributed by atoms with Crippen molar-refractivity contribution in [1.82, 2.24) is 0 Å². The molecule has 0 radical (unpaired) electrons. The van der Waals surface area contributed by atoms with Crippen molar-refractivity contribution in [2.24, 2.45) is 0 Å². The van der Waals surface area contributed by atoms with E-state index in [0.29, 0.717) is 5.75 Å². The van der Waals surface area contributed by atoms with Gasteiger partial charge in [0, 0.05) is 0 Å². The fourth-order valence-electron chi connectivity index (χ4n) is 1.17. The van der Waals surface area contributed by atoms with Crippen molar-refractivity contribution in [3.8, 4) is 5.75 Å². The number of aryl methyl sites for hydroxylation is 1. The van der Waals surface area contributed by atoms with E-state index in [9.17, 15) is 0 Å². The summed E-state index contributed by atoms with van der Waals surface area (Å²) >= 11 is 0. The second-order valence-electron chi connectivity index (χ2n) is 3.07. The smallest absolute Gasteiger partial charge is 0.512 e. The van der Waals surface area contributed by atoms with Crippen LogP contribution in [0, 0.1) is 20.8 Å². The molecule has 1 aromatic rings. The Morgan fingerprint density at radius 2 is 1.69 bits per heavy atom. The quantitative estimate of drug-likeness (QED) is 0.666. The topological polar surface area (TPSA) is 49.7 Å². The van der Waals surface area contributed by atoms with Crippen LogP contribution in [0.1, 0.15) is 16.7 Å². The monoisotopic (exact) mass is 180 g/mol. The maximum atomic E-state index is 8.62. The Hall–Kier alpha value is -0.995.